The summed E-state index contributed by atoms with van der Waals surface area (Å²) in [5.41, 5.74) is 1.31. The van der Waals surface area contributed by atoms with E-state index in [4.69, 9.17) is 9.84 Å². The van der Waals surface area contributed by atoms with Gasteiger partial charge in [0.05, 0.1) is 12.2 Å². The highest BCUT2D eigenvalue weighted by atomic mass is 16.5. The monoisotopic (exact) mass is 378 g/mol. The summed E-state index contributed by atoms with van der Waals surface area (Å²) in [6.07, 6.45) is 3.27. The van der Waals surface area contributed by atoms with Crippen molar-refractivity contribution in [3.8, 4) is 5.75 Å². The molecule has 0 radical (unpaired) electrons. The summed E-state index contributed by atoms with van der Waals surface area (Å²) in [6.45, 7) is 1.84. The molecule has 0 saturated heterocycles. The predicted octanol–water partition coefficient (Wildman–Crippen LogP) is 3.45. The van der Waals surface area contributed by atoms with Crippen LogP contribution >= 0.6 is 0 Å². The van der Waals surface area contributed by atoms with E-state index in [1.807, 2.05) is 48.5 Å². The number of rotatable bonds is 8. The number of ether oxygens (including phenoxy) is 1. The quantitative estimate of drug-likeness (QED) is 0.586. The molecule has 1 heterocycles. The number of nitrogens with zero attached hydrogens (tertiary/aromatic N) is 1. The molecular weight excluding hydrogens is 356 g/mol. The zero-order chi connectivity index (χ0) is 19.9. The third kappa shape index (κ3) is 4.65. The standard InChI is InChI=1S/C22H22N2O4/c1-15(22(26)27)24-21(25)19-12-11-16-7-2-3-10-18(16)20(19)28-14-6-9-17-8-4-5-13-23-17/h2-5,7-8,10-13,15H,6,9,14H2,1H3,(H,24,25)(H,26,27). The van der Waals surface area contributed by atoms with Crippen molar-refractivity contribution in [3.05, 3.63) is 72.1 Å². The Morgan fingerprint density at radius 3 is 2.64 bits per heavy atom. The summed E-state index contributed by atoms with van der Waals surface area (Å²) in [5, 5.41) is 13.3. The Balaban J connectivity index is 1.79. The van der Waals surface area contributed by atoms with Crippen molar-refractivity contribution in [2.24, 2.45) is 0 Å². The molecule has 2 aromatic carbocycles. The average molecular weight is 378 g/mol. The van der Waals surface area contributed by atoms with Gasteiger partial charge in [0.1, 0.15) is 11.8 Å². The molecule has 0 aliphatic heterocycles. The molecule has 0 aliphatic carbocycles. The van der Waals surface area contributed by atoms with Crippen LogP contribution in [0.25, 0.3) is 10.8 Å². The number of hydrogen-bond donors (Lipinski definition) is 2. The summed E-state index contributed by atoms with van der Waals surface area (Å²) in [4.78, 5) is 28.0. The minimum atomic E-state index is -1.09. The zero-order valence-corrected chi connectivity index (χ0v) is 15.6. The third-order valence-electron chi connectivity index (χ3n) is 4.39. The SMILES string of the molecule is CC(NC(=O)c1ccc2ccccc2c1OCCCc1ccccn1)C(=O)O. The van der Waals surface area contributed by atoms with Crippen molar-refractivity contribution >= 4 is 22.6 Å². The lowest BCUT2D eigenvalue weighted by Crippen LogP contribution is -2.38. The Hall–Kier alpha value is -3.41. The van der Waals surface area contributed by atoms with Crippen LogP contribution in [0.4, 0.5) is 0 Å². The Bertz CT molecular complexity index is 973. The van der Waals surface area contributed by atoms with Crippen molar-refractivity contribution in [2.45, 2.75) is 25.8 Å². The minimum Gasteiger partial charge on any atom is -0.492 e. The number of aliphatic carboxylic acids is 1. The molecule has 0 aliphatic rings. The van der Waals surface area contributed by atoms with Gasteiger partial charge in [0.25, 0.3) is 5.91 Å². The van der Waals surface area contributed by atoms with E-state index in [-0.39, 0.29) is 0 Å². The van der Waals surface area contributed by atoms with Gasteiger partial charge in [-0.15, -0.1) is 0 Å². The van der Waals surface area contributed by atoms with Gasteiger partial charge in [-0.2, -0.15) is 0 Å². The maximum atomic E-state index is 12.6. The molecule has 0 bridgehead atoms. The van der Waals surface area contributed by atoms with Crippen LogP contribution in [0.5, 0.6) is 5.75 Å². The van der Waals surface area contributed by atoms with Crippen LogP contribution in [0.3, 0.4) is 0 Å². The van der Waals surface area contributed by atoms with Crippen molar-refractivity contribution in [3.63, 3.8) is 0 Å². The summed E-state index contributed by atoms with van der Waals surface area (Å²) in [6, 6.07) is 15.9. The molecule has 1 unspecified atom stereocenters. The Kier molecular flexibility index (Phi) is 6.22. The number of benzene rings is 2. The Labute approximate surface area is 163 Å². The topological polar surface area (TPSA) is 88.5 Å². The number of carbonyl (C=O) groups is 2. The van der Waals surface area contributed by atoms with Gasteiger partial charge in [-0.05, 0) is 43.4 Å². The van der Waals surface area contributed by atoms with E-state index in [9.17, 15) is 9.59 Å². The van der Waals surface area contributed by atoms with E-state index in [0.717, 1.165) is 29.3 Å². The number of amides is 1. The second kappa shape index (κ2) is 8.99. The molecule has 0 spiro atoms. The minimum absolute atomic E-state index is 0.324. The molecular formula is C22H22N2O4. The van der Waals surface area contributed by atoms with Crippen LogP contribution < -0.4 is 10.1 Å². The lowest BCUT2D eigenvalue weighted by Gasteiger charge is -2.16. The maximum Gasteiger partial charge on any atom is 0.325 e. The van der Waals surface area contributed by atoms with Crippen LogP contribution in [-0.4, -0.2) is 34.6 Å². The molecule has 0 saturated carbocycles. The summed E-state index contributed by atoms with van der Waals surface area (Å²) in [5.74, 6) is -1.10. The first-order valence-electron chi connectivity index (χ1n) is 9.14. The average Bonchev–Trinajstić information content (AvgIpc) is 2.71. The molecule has 0 fully saturated rings. The van der Waals surface area contributed by atoms with Gasteiger partial charge in [-0.3, -0.25) is 14.6 Å². The second-order valence-corrected chi connectivity index (χ2v) is 6.47. The number of pyridine rings is 1. The number of aryl methyl sites for hydroxylation is 1. The Morgan fingerprint density at radius 1 is 1.11 bits per heavy atom. The van der Waals surface area contributed by atoms with Gasteiger partial charge in [0, 0.05) is 17.3 Å². The van der Waals surface area contributed by atoms with E-state index in [0.29, 0.717) is 17.9 Å². The fraction of sp³-hybridized carbons (Fsp3) is 0.227. The van der Waals surface area contributed by atoms with Gasteiger partial charge in [-0.25, -0.2) is 0 Å². The zero-order valence-electron chi connectivity index (χ0n) is 15.6. The number of aromatic nitrogens is 1. The highest BCUT2D eigenvalue weighted by Gasteiger charge is 2.20. The number of fused-ring (bicyclic) bond motifs is 1. The molecule has 6 nitrogen and oxygen atoms in total. The third-order valence-corrected chi connectivity index (χ3v) is 4.39. The first-order chi connectivity index (χ1) is 13.6. The van der Waals surface area contributed by atoms with Crippen LogP contribution in [0, 0.1) is 0 Å². The molecule has 1 aromatic heterocycles. The number of carboxylic acids is 1. The second-order valence-electron chi connectivity index (χ2n) is 6.47. The summed E-state index contributed by atoms with van der Waals surface area (Å²) < 4.78 is 6.00. The normalized spacial score (nSPS) is 11.8. The van der Waals surface area contributed by atoms with Gasteiger partial charge >= 0.3 is 5.97 Å². The number of nitrogens with one attached hydrogen (secondary N) is 1. The van der Waals surface area contributed by atoms with Gasteiger partial charge in [-0.1, -0.05) is 36.4 Å². The highest BCUT2D eigenvalue weighted by molar-refractivity contribution is 6.04. The summed E-state index contributed by atoms with van der Waals surface area (Å²) >= 11 is 0. The van der Waals surface area contributed by atoms with Crippen molar-refractivity contribution in [1.82, 2.24) is 10.3 Å². The lowest BCUT2D eigenvalue weighted by atomic mass is 10.0. The first kappa shape index (κ1) is 19.4. The van der Waals surface area contributed by atoms with Crippen LogP contribution in [0.2, 0.25) is 0 Å². The van der Waals surface area contributed by atoms with E-state index < -0.39 is 17.9 Å². The molecule has 3 rings (SSSR count). The molecule has 144 valence electrons. The summed E-state index contributed by atoms with van der Waals surface area (Å²) in [7, 11) is 0. The van der Waals surface area contributed by atoms with Crippen molar-refractivity contribution in [1.29, 1.82) is 0 Å². The smallest absolute Gasteiger partial charge is 0.325 e. The number of carboxylic acid groups (broad SMARTS) is 1. The molecule has 1 atom stereocenters. The van der Waals surface area contributed by atoms with Crippen molar-refractivity contribution < 1.29 is 19.4 Å². The molecule has 2 N–H and O–H groups in total. The van der Waals surface area contributed by atoms with E-state index in [1.165, 1.54) is 6.92 Å². The van der Waals surface area contributed by atoms with Gasteiger partial charge in [0.15, 0.2) is 0 Å². The molecule has 3 aromatic rings. The number of carbonyl (C=O) groups excluding carboxylic acids is 1. The van der Waals surface area contributed by atoms with E-state index >= 15 is 0 Å². The first-order valence-corrected chi connectivity index (χ1v) is 9.14. The highest BCUT2D eigenvalue weighted by Crippen LogP contribution is 2.30. The molecule has 1 amide bonds. The molecule has 6 heteroatoms. The molecule has 28 heavy (non-hydrogen) atoms. The van der Waals surface area contributed by atoms with Crippen LogP contribution in [0.1, 0.15) is 29.4 Å². The van der Waals surface area contributed by atoms with E-state index in [2.05, 4.69) is 10.3 Å². The van der Waals surface area contributed by atoms with Crippen LogP contribution in [0.15, 0.2) is 60.8 Å². The lowest BCUT2D eigenvalue weighted by molar-refractivity contribution is -0.138. The largest absolute Gasteiger partial charge is 0.492 e. The fourth-order valence-electron chi connectivity index (χ4n) is 2.89. The van der Waals surface area contributed by atoms with Crippen molar-refractivity contribution in [2.75, 3.05) is 6.61 Å². The Morgan fingerprint density at radius 2 is 1.89 bits per heavy atom. The van der Waals surface area contributed by atoms with Crippen LogP contribution in [-0.2, 0) is 11.2 Å². The fourth-order valence-corrected chi connectivity index (χ4v) is 2.89. The maximum absolute atomic E-state index is 12.6. The predicted molar refractivity (Wildman–Crippen MR) is 107 cm³/mol. The van der Waals surface area contributed by atoms with Gasteiger partial charge < -0.3 is 15.2 Å². The number of hydrogen-bond acceptors (Lipinski definition) is 4. The van der Waals surface area contributed by atoms with E-state index in [1.54, 1.807) is 12.3 Å². The van der Waals surface area contributed by atoms with Gasteiger partial charge in [0.2, 0.25) is 0 Å².